The van der Waals surface area contributed by atoms with Gasteiger partial charge in [-0.25, -0.2) is 0 Å². The SMILES string of the molecule is Nc1ccn(CC(=O)Nc2ccc3c(c2)OC(F)(F)O3)n1. The van der Waals surface area contributed by atoms with Crippen LogP contribution in [-0.4, -0.2) is 22.0 Å². The average molecular weight is 296 g/mol. The molecule has 2 aromatic rings. The van der Waals surface area contributed by atoms with Gasteiger partial charge in [-0.15, -0.1) is 8.78 Å². The molecule has 9 heteroatoms. The maximum absolute atomic E-state index is 12.9. The Bertz CT molecular complexity index is 702. The molecule has 1 aliphatic heterocycles. The van der Waals surface area contributed by atoms with Crippen LogP contribution in [0.3, 0.4) is 0 Å². The molecule has 3 N–H and O–H groups in total. The first-order chi connectivity index (χ1) is 9.91. The molecular weight excluding hydrogens is 286 g/mol. The number of nitrogens with one attached hydrogen (secondary N) is 1. The third-order valence-corrected chi connectivity index (χ3v) is 2.65. The largest absolute Gasteiger partial charge is 0.586 e. The van der Waals surface area contributed by atoms with E-state index in [0.29, 0.717) is 11.5 Å². The quantitative estimate of drug-likeness (QED) is 0.894. The molecule has 0 spiro atoms. The lowest BCUT2D eigenvalue weighted by Gasteiger charge is -2.06. The van der Waals surface area contributed by atoms with Gasteiger partial charge in [-0.1, -0.05) is 0 Å². The van der Waals surface area contributed by atoms with Crippen LogP contribution in [-0.2, 0) is 11.3 Å². The number of benzene rings is 1. The molecule has 7 nitrogen and oxygen atoms in total. The van der Waals surface area contributed by atoms with Crippen LogP contribution in [0.1, 0.15) is 0 Å². The van der Waals surface area contributed by atoms with Crippen LogP contribution < -0.4 is 20.5 Å². The van der Waals surface area contributed by atoms with E-state index in [4.69, 9.17) is 5.73 Å². The van der Waals surface area contributed by atoms with E-state index in [1.807, 2.05) is 0 Å². The Kier molecular flexibility index (Phi) is 2.89. The van der Waals surface area contributed by atoms with Crippen LogP contribution in [0.2, 0.25) is 0 Å². The van der Waals surface area contributed by atoms with E-state index in [0.717, 1.165) is 0 Å². The van der Waals surface area contributed by atoms with Gasteiger partial charge >= 0.3 is 6.29 Å². The molecule has 0 bridgehead atoms. The number of alkyl halides is 2. The second kappa shape index (κ2) is 4.62. The van der Waals surface area contributed by atoms with Gasteiger partial charge in [0.05, 0.1) is 0 Å². The van der Waals surface area contributed by atoms with Gasteiger partial charge in [-0.3, -0.25) is 9.48 Å². The molecule has 1 amide bonds. The summed E-state index contributed by atoms with van der Waals surface area (Å²) in [4.78, 5) is 11.8. The number of nitrogens with zero attached hydrogens (tertiary/aromatic N) is 2. The maximum atomic E-state index is 12.9. The summed E-state index contributed by atoms with van der Waals surface area (Å²) in [5, 5.41) is 6.39. The number of rotatable bonds is 3. The zero-order valence-corrected chi connectivity index (χ0v) is 10.5. The highest BCUT2D eigenvalue weighted by Crippen LogP contribution is 2.42. The van der Waals surface area contributed by atoms with Crippen molar-refractivity contribution in [2.75, 3.05) is 11.1 Å². The number of halogens is 2. The van der Waals surface area contributed by atoms with Crippen molar-refractivity contribution in [1.29, 1.82) is 0 Å². The zero-order chi connectivity index (χ0) is 15.0. The molecule has 0 unspecified atom stereocenters. The highest BCUT2D eigenvalue weighted by Gasteiger charge is 2.43. The molecule has 0 saturated heterocycles. The summed E-state index contributed by atoms with van der Waals surface area (Å²) in [6.07, 6.45) is -2.13. The molecule has 3 rings (SSSR count). The van der Waals surface area contributed by atoms with Crippen molar-refractivity contribution >= 4 is 17.4 Å². The topological polar surface area (TPSA) is 91.4 Å². The fourth-order valence-electron chi connectivity index (χ4n) is 1.84. The average Bonchev–Trinajstić information content (AvgIpc) is 2.90. The molecule has 1 aromatic carbocycles. The van der Waals surface area contributed by atoms with Crippen molar-refractivity contribution in [2.24, 2.45) is 0 Å². The van der Waals surface area contributed by atoms with Gasteiger partial charge in [0.15, 0.2) is 11.5 Å². The van der Waals surface area contributed by atoms with Crippen LogP contribution in [0, 0.1) is 0 Å². The van der Waals surface area contributed by atoms with E-state index in [9.17, 15) is 13.6 Å². The van der Waals surface area contributed by atoms with Gasteiger partial charge < -0.3 is 20.5 Å². The van der Waals surface area contributed by atoms with Gasteiger partial charge in [0, 0.05) is 18.0 Å². The number of ether oxygens (including phenoxy) is 2. The number of carbonyl (C=O) groups is 1. The van der Waals surface area contributed by atoms with E-state index < -0.39 is 6.29 Å². The fourth-order valence-corrected chi connectivity index (χ4v) is 1.84. The van der Waals surface area contributed by atoms with Crippen LogP contribution in [0.5, 0.6) is 11.5 Å². The summed E-state index contributed by atoms with van der Waals surface area (Å²) in [5.74, 6) is -0.309. The zero-order valence-electron chi connectivity index (χ0n) is 10.5. The number of anilines is 2. The second-order valence-electron chi connectivity index (χ2n) is 4.32. The van der Waals surface area contributed by atoms with Crippen molar-refractivity contribution in [3.8, 4) is 11.5 Å². The van der Waals surface area contributed by atoms with Crippen molar-refractivity contribution in [3.63, 3.8) is 0 Å². The van der Waals surface area contributed by atoms with Crippen LogP contribution >= 0.6 is 0 Å². The molecule has 2 heterocycles. The summed E-state index contributed by atoms with van der Waals surface area (Å²) in [6.45, 7) is -0.0538. The molecule has 1 aliphatic rings. The number of carbonyl (C=O) groups excluding carboxylic acids is 1. The minimum absolute atomic E-state index is 0.0538. The minimum atomic E-state index is -3.68. The smallest absolute Gasteiger partial charge is 0.395 e. The Balaban J connectivity index is 1.67. The third kappa shape index (κ3) is 2.86. The Morgan fingerprint density at radius 2 is 2.10 bits per heavy atom. The standard InChI is InChI=1S/C12H10F2N4O3/c13-12(14)20-8-2-1-7(5-9(8)21-12)16-11(19)6-18-4-3-10(15)17-18/h1-5H,6H2,(H2,15,17)(H,16,19). The number of fused-ring (bicyclic) bond motifs is 1. The van der Waals surface area contributed by atoms with Crippen LogP contribution in [0.25, 0.3) is 0 Å². The molecule has 0 saturated carbocycles. The lowest BCUT2D eigenvalue weighted by Crippen LogP contribution is -2.25. The number of hydrogen-bond donors (Lipinski definition) is 2. The second-order valence-corrected chi connectivity index (χ2v) is 4.32. The van der Waals surface area contributed by atoms with E-state index in [1.165, 1.54) is 22.9 Å². The number of hydrogen-bond acceptors (Lipinski definition) is 5. The van der Waals surface area contributed by atoms with E-state index in [-0.39, 0.29) is 24.0 Å². The Labute approximate surface area is 117 Å². The summed E-state index contributed by atoms with van der Waals surface area (Å²) in [5.41, 5.74) is 5.73. The summed E-state index contributed by atoms with van der Waals surface area (Å²) >= 11 is 0. The predicted octanol–water partition coefficient (Wildman–Crippen LogP) is 1.43. The molecule has 0 radical (unpaired) electrons. The minimum Gasteiger partial charge on any atom is -0.395 e. The maximum Gasteiger partial charge on any atom is 0.586 e. The summed E-state index contributed by atoms with van der Waals surface area (Å²) in [7, 11) is 0. The van der Waals surface area contributed by atoms with Crippen LogP contribution in [0.15, 0.2) is 30.5 Å². The first kappa shape index (κ1) is 13.2. The first-order valence-corrected chi connectivity index (χ1v) is 5.90. The Morgan fingerprint density at radius 3 is 2.81 bits per heavy atom. The third-order valence-electron chi connectivity index (χ3n) is 2.65. The van der Waals surface area contributed by atoms with Crippen molar-refractivity contribution in [3.05, 3.63) is 30.5 Å². The highest BCUT2D eigenvalue weighted by atomic mass is 19.3. The molecule has 0 fully saturated rings. The lowest BCUT2D eigenvalue weighted by atomic mass is 10.3. The molecule has 1 aromatic heterocycles. The number of nitrogen functional groups attached to an aromatic ring is 1. The van der Waals surface area contributed by atoms with Gasteiger partial charge in [-0.2, -0.15) is 5.10 Å². The van der Waals surface area contributed by atoms with Gasteiger partial charge in [0.2, 0.25) is 5.91 Å². The van der Waals surface area contributed by atoms with E-state index in [2.05, 4.69) is 19.9 Å². The molecule has 0 aliphatic carbocycles. The van der Waals surface area contributed by atoms with Crippen molar-refractivity contribution in [2.45, 2.75) is 12.8 Å². The van der Waals surface area contributed by atoms with Crippen molar-refractivity contribution in [1.82, 2.24) is 9.78 Å². The van der Waals surface area contributed by atoms with E-state index in [1.54, 1.807) is 12.3 Å². The number of nitrogens with two attached hydrogens (primary N) is 1. The van der Waals surface area contributed by atoms with E-state index >= 15 is 0 Å². The molecule has 110 valence electrons. The summed E-state index contributed by atoms with van der Waals surface area (Å²) < 4.78 is 35.6. The van der Waals surface area contributed by atoms with Gasteiger partial charge in [0.25, 0.3) is 0 Å². The normalized spacial score (nSPS) is 15.0. The summed E-state index contributed by atoms with van der Waals surface area (Å²) in [6, 6.07) is 5.53. The molecule has 21 heavy (non-hydrogen) atoms. The highest BCUT2D eigenvalue weighted by molar-refractivity contribution is 5.90. The number of aromatic nitrogens is 2. The Hall–Kier alpha value is -2.84. The van der Waals surface area contributed by atoms with Gasteiger partial charge in [-0.05, 0) is 18.2 Å². The fraction of sp³-hybridized carbons (Fsp3) is 0.167. The Morgan fingerprint density at radius 1 is 1.33 bits per heavy atom. The predicted molar refractivity (Wildman–Crippen MR) is 67.9 cm³/mol. The van der Waals surface area contributed by atoms with Gasteiger partial charge in [0.1, 0.15) is 12.4 Å². The van der Waals surface area contributed by atoms with Crippen LogP contribution in [0.4, 0.5) is 20.3 Å². The number of amides is 1. The van der Waals surface area contributed by atoms with Crippen molar-refractivity contribution < 1.29 is 23.0 Å². The first-order valence-electron chi connectivity index (χ1n) is 5.90. The lowest BCUT2D eigenvalue weighted by molar-refractivity contribution is -0.286. The monoisotopic (exact) mass is 296 g/mol. The molecule has 0 atom stereocenters. The molecular formula is C12H10F2N4O3.